The summed E-state index contributed by atoms with van der Waals surface area (Å²) >= 11 is 0. The highest BCUT2D eigenvalue weighted by Crippen LogP contribution is 2.21. The van der Waals surface area contributed by atoms with Crippen LogP contribution in [0, 0.1) is 0 Å². The summed E-state index contributed by atoms with van der Waals surface area (Å²) in [5, 5.41) is 19.2. The fourth-order valence-corrected chi connectivity index (χ4v) is 3.45. The molecule has 0 saturated carbocycles. The number of aliphatic hydroxyl groups excluding tert-OH is 2. The first kappa shape index (κ1) is 22.1. The average molecular weight is 354 g/mol. The van der Waals surface area contributed by atoms with E-state index >= 15 is 0 Å². The molecule has 0 amide bonds. The molecule has 5 nitrogen and oxygen atoms in total. The molecule has 0 aliphatic rings. The molecule has 0 spiro atoms. The van der Waals surface area contributed by atoms with Crippen molar-refractivity contribution < 1.29 is 10.2 Å². The molecule has 1 atom stereocenters. The fourth-order valence-electron chi connectivity index (χ4n) is 3.45. The van der Waals surface area contributed by atoms with Crippen LogP contribution >= 0.6 is 0 Å². The van der Waals surface area contributed by atoms with Crippen LogP contribution in [0.4, 0.5) is 0 Å². The van der Waals surface area contributed by atoms with Gasteiger partial charge in [-0.05, 0) is 12.8 Å². The molecular weight excluding hydrogens is 314 g/mol. The Bertz CT molecular complexity index is 460. The van der Waals surface area contributed by atoms with Gasteiger partial charge in [-0.2, -0.15) is 0 Å². The molecule has 1 aromatic heterocycles. The lowest BCUT2D eigenvalue weighted by molar-refractivity contribution is 0.246. The highest BCUT2D eigenvalue weighted by atomic mass is 16.3. The van der Waals surface area contributed by atoms with E-state index in [9.17, 15) is 10.2 Å². The summed E-state index contributed by atoms with van der Waals surface area (Å²) < 4.78 is 1.96. The van der Waals surface area contributed by atoms with Gasteiger partial charge in [-0.3, -0.25) is 0 Å². The van der Waals surface area contributed by atoms with Crippen LogP contribution in [0.15, 0.2) is 0 Å². The number of aliphatic hydroxyl groups is 2. The van der Waals surface area contributed by atoms with Crippen molar-refractivity contribution in [2.75, 3.05) is 0 Å². The van der Waals surface area contributed by atoms with Crippen molar-refractivity contribution in [1.82, 2.24) is 9.55 Å². The second-order valence-electron chi connectivity index (χ2n) is 7.04. The maximum absolute atomic E-state index is 9.66. The van der Waals surface area contributed by atoms with Crippen LogP contribution < -0.4 is 5.73 Å². The van der Waals surface area contributed by atoms with Crippen LogP contribution in [0.25, 0.3) is 0 Å². The number of aromatic nitrogens is 2. The van der Waals surface area contributed by atoms with Gasteiger partial charge in [0.05, 0.1) is 30.8 Å². The second-order valence-corrected chi connectivity index (χ2v) is 7.04. The zero-order valence-corrected chi connectivity index (χ0v) is 16.3. The molecule has 1 aromatic rings. The van der Waals surface area contributed by atoms with Gasteiger partial charge < -0.3 is 20.5 Å². The van der Waals surface area contributed by atoms with Crippen LogP contribution in [-0.4, -0.2) is 19.8 Å². The second kappa shape index (κ2) is 13.3. The Morgan fingerprint density at radius 3 is 2.00 bits per heavy atom. The zero-order chi connectivity index (χ0) is 18.5. The SMILES string of the molecule is CCCCCCCCCCCc1nc(CO)c(CO)n1C(N)CCC. The van der Waals surface area contributed by atoms with E-state index in [0.29, 0.717) is 11.4 Å². The molecule has 1 rings (SSSR count). The van der Waals surface area contributed by atoms with Gasteiger partial charge in [0, 0.05) is 6.42 Å². The lowest BCUT2D eigenvalue weighted by atomic mass is 10.1. The summed E-state index contributed by atoms with van der Waals surface area (Å²) in [6.45, 7) is 4.08. The Balaban J connectivity index is 2.47. The van der Waals surface area contributed by atoms with E-state index in [1.165, 1.54) is 51.4 Å². The normalized spacial score (nSPS) is 12.7. The topological polar surface area (TPSA) is 84.3 Å². The van der Waals surface area contributed by atoms with Crippen molar-refractivity contribution in [3.05, 3.63) is 17.2 Å². The highest BCUT2D eigenvalue weighted by molar-refractivity contribution is 5.17. The van der Waals surface area contributed by atoms with Gasteiger partial charge in [0.25, 0.3) is 0 Å². The fraction of sp³-hybridized carbons (Fsp3) is 0.850. The monoisotopic (exact) mass is 353 g/mol. The molecule has 0 fully saturated rings. The number of imidazole rings is 1. The third-order valence-electron chi connectivity index (χ3n) is 4.89. The lowest BCUT2D eigenvalue weighted by Gasteiger charge is -2.18. The number of aryl methyl sites for hydroxylation is 1. The lowest BCUT2D eigenvalue weighted by Crippen LogP contribution is -2.23. The Hall–Kier alpha value is -0.910. The summed E-state index contributed by atoms with van der Waals surface area (Å²) in [6, 6.07) is 0. The van der Waals surface area contributed by atoms with E-state index in [1.54, 1.807) is 0 Å². The van der Waals surface area contributed by atoms with Crippen LogP contribution in [0.5, 0.6) is 0 Å². The standard InChI is InChI=1S/C20H39N3O2/c1-3-5-6-7-8-9-10-11-12-14-20-22-17(15-24)18(16-25)23(20)19(21)13-4-2/h19,24-25H,3-16,21H2,1-2H3. The number of unbranched alkanes of at least 4 members (excludes halogenated alkanes) is 8. The largest absolute Gasteiger partial charge is 0.390 e. The molecule has 0 radical (unpaired) electrons. The van der Waals surface area contributed by atoms with E-state index < -0.39 is 0 Å². The maximum atomic E-state index is 9.66. The van der Waals surface area contributed by atoms with Crippen LogP contribution in [0.1, 0.15) is 108 Å². The van der Waals surface area contributed by atoms with Gasteiger partial charge in [-0.1, -0.05) is 71.6 Å². The molecule has 1 heterocycles. The van der Waals surface area contributed by atoms with Gasteiger partial charge in [0.2, 0.25) is 0 Å². The Morgan fingerprint density at radius 1 is 0.880 bits per heavy atom. The van der Waals surface area contributed by atoms with Crippen molar-refractivity contribution in [2.45, 2.75) is 110 Å². The van der Waals surface area contributed by atoms with Crippen molar-refractivity contribution in [1.29, 1.82) is 0 Å². The summed E-state index contributed by atoms with van der Waals surface area (Å²) in [5.74, 6) is 0.914. The summed E-state index contributed by atoms with van der Waals surface area (Å²) in [4.78, 5) is 4.54. The van der Waals surface area contributed by atoms with E-state index in [2.05, 4.69) is 18.8 Å². The number of rotatable bonds is 15. The van der Waals surface area contributed by atoms with Crippen LogP contribution in [-0.2, 0) is 19.6 Å². The Morgan fingerprint density at radius 2 is 1.48 bits per heavy atom. The third kappa shape index (κ3) is 7.47. The van der Waals surface area contributed by atoms with Crippen LogP contribution in [0.3, 0.4) is 0 Å². The van der Waals surface area contributed by atoms with Gasteiger partial charge in [0.1, 0.15) is 5.82 Å². The Labute approximate surface area is 153 Å². The first-order chi connectivity index (χ1) is 12.2. The van der Waals surface area contributed by atoms with Crippen molar-refractivity contribution in [3.8, 4) is 0 Å². The third-order valence-corrected chi connectivity index (χ3v) is 4.89. The minimum atomic E-state index is -0.173. The van der Waals surface area contributed by atoms with Crippen molar-refractivity contribution in [2.24, 2.45) is 5.73 Å². The summed E-state index contributed by atoms with van der Waals surface area (Å²) in [5.41, 5.74) is 7.54. The molecule has 0 aliphatic heterocycles. The van der Waals surface area contributed by atoms with Crippen LogP contribution in [0.2, 0.25) is 0 Å². The summed E-state index contributed by atoms with van der Waals surface area (Å²) in [6.07, 6.45) is 14.1. The average Bonchev–Trinajstić information content (AvgIpc) is 2.98. The number of nitrogens with zero attached hydrogens (tertiary/aromatic N) is 2. The predicted molar refractivity (Wildman–Crippen MR) is 103 cm³/mol. The van der Waals surface area contributed by atoms with Gasteiger partial charge in [-0.15, -0.1) is 0 Å². The molecule has 25 heavy (non-hydrogen) atoms. The minimum absolute atomic E-state index is 0.127. The number of hydrogen-bond donors (Lipinski definition) is 3. The molecule has 0 bridgehead atoms. The van der Waals surface area contributed by atoms with Gasteiger partial charge >= 0.3 is 0 Å². The number of hydrogen-bond acceptors (Lipinski definition) is 4. The number of nitrogens with two attached hydrogens (primary N) is 1. The quantitative estimate of drug-likeness (QED) is 0.413. The minimum Gasteiger partial charge on any atom is -0.390 e. The molecule has 0 aromatic carbocycles. The molecule has 0 aliphatic carbocycles. The maximum Gasteiger partial charge on any atom is 0.110 e. The predicted octanol–water partition coefficient (Wildman–Crippen LogP) is 4.20. The van der Waals surface area contributed by atoms with Crippen molar-refractivity contribution in [3.63, 3.8) is 0 Å². The molecule has 4 N–H and O–H groups in total. The van der Waals surface area contributed by atoms with E-state index in [0.717, 1.165) is 31.5 Å². The molecule has 0 saturated heterocycles. The highest BCUT2D eigenvalue weighted by Gasteiger charge is 2.19. The zero-order valence-electron chi connectivity index (χ0n) is 16.3. The van der Waals surface area contributed by atoms with Gasteiger partial charge in [-0.25, -0.2) is 4.98 Å². The smallest absolute Gasteiger partial charge is 0.110 e. The first-order valence-corrected chi connectivity index (χ1v) is 10.3. The Kier molecular flexibility index (Phi) is 11.8. The molecular formula is C20H39N3O2. The molecule has 146 valence electrons. The molecule has 1 unspecified atom stereocenters. The first-order valence-electron chi connectivity index (χ1n) is 10.3. The molecule has 5 heteroatoms. The van der Waals surface area contributed by atoms with Crippen molar-refractivity contribution >= 4 is 0 Å². The summed E-state index contributed by atoms with van der Waals surface area (Å²) in [7, 11) is 0. The van der Waals surface area contributed by atoms with E-state index in [-0.39, 0.29) is 19.4 Å². The van der Waals surface area contributed by atoms with E-state index in [4.69, 9.17) is 5.73 Å². The van der Waals surface area contributed by atoms with Gasteiger partial charge in [0.15, 0.2) is 0 Å². The van der Waals surface area contributed by atoms with E-state index in [1.807, 2.05) is 4.57 Å².